The van der Waals surface area contributed by atoms with Gasteiger partial charge in [-0.2, -0.15) is 0 Å². The van der Waals surface area contributed by atoms with E-state index in [1.165, 1.54) is 0 Å². The number of carboxylic acid groups (broad SMARTS) is 2. The molecule has 144 valence electrons. The first-order chi connectivity index (χ1) is 11.7. The number of unbranched alkanes of at least 4 members (excludes halogenated alkanes) is 1. The Morgan fingerprint density at radius 1 is 0.920 bits per heavy atom. The quantitative estimate of drug-likeness (QED) is 0.171. The zero-order valence-electron chi connectivity index (χ0n) is 13.8. The number of hydrogen-bond donors (Lipinski definition) is 7. The molecule has 0 aliphatic rings. The molecule has 0 saturated heterocycles. The van der Waals surface area contributed by atoms with Crippen LogP contribution in [0.1, 0.15) is 32.1 Å². The molecule has 0 aromatic carbocycles. The Morgan fingerprint density at radius 3 is 2.00 bits per heavy atom. The number of carbonyl (C=O) groups excluding carboxylic acids is 2. The molecule has 11 nitrogen and oxygen atoms in total. The molecule has 0 rings (SSSR count). The molecule has 0 saturated carbocycles. The lowest BCUT2D eigenvalue weighted by Gasteiger charge is -2.21. The molecule has 25 heavy (non-hydrogen) atoms. The fourth-order valence-corrected chi connectivity index (χ4v) is 1.91. The zero-order chi connectivity index (χ0) is 19.4. The van der Waals surface area contributed by atoms with E-state index in [4.69, 9.17) is 21.7 Å². The molecule has 0 radical (unpaired) electrons. The molecule has 0 aromatic rings. The van der Waals surface area contributed by atoms with Gasteiger partial charge in [0.2, 0.25) is 11.8 Å². The predicted octanol–water partition coefficient (Wildman–Crippen LogP) is -2.65. The van der Waals surface area contributed by atoms with Gasteiger partial charge in [-0.1, -0.05) is 6.42 Å². The number of aliphatic carboxylic acids is 2. The summed E-state index contributed by atoms with van der Waals surface area (Å²) in [5, 5.41) is 31.1. The highest BCUT2D eigenvalue weighted by Gasteiger charge is 2.27. The molecule has 0 spiro atoms. The molecular weight excluding hydrogens is 336 g/mol. The van der Waals surface area contributed by atoms with Crippen molar-refractivity contribution < 1.29 is 34.5 Å². The van der Waals surface area contributed by atoms with Gasteiger partial charge in [0.15, 0.2) is 0 Å². The van der Waals surface area contributed by atoms with Gasteiger partial charge in [0, 0.05) is 6.42 Å². The first kappa shape index (κ1) is 22.8. The molecule has 9 N–H and O–H groups in total. The van der Waals surface area contributed by atoms with Crippen LogP contribution in [-0.2, 0) is 19.2 Å². The second-order valence-electron chi connectivity index (χ2n) is 5.47. The molecule has 11 heteroatoms. The summed E-state index contributed by atoms with van der Waals surface area (Å²) in [5.74, 6) is -4.24. The van der Waals surface area contributed by atoms with Gasteiger partial charge in [-0.15, -0.1) is 0 Å². The number of carboxylic acids is 2. The lowest BCUT2D eigenvalue weighted by molar-refractivity contribution is -0.143. The number of aliphatic hydroxyl groups is 1. The van der Waals surface area contributed by atoms with Crippen LogP contribution in [0.5, 0.6) is 0 Å². The maximum atomic E-state index is 12.0. The highest BCUT2D eigenvalue weighted by atomic mass is 16.4. The molecule has 0 bridgehead atoms. The molecule has 0 aliphatic heterocycles. The Labute approximate surface area is 144 Å². The van der Waals surface area contributed by atoms with Crippen molar-refractivity contribution in [2.24, 2.45) is 11.5 Å². The van der Waals surface area contributed by atoms with E-state index in [0.29, 0.717) is 25.8 Å². The van der Waals surface area contributed by atoms with Crippen molar-refractivity contribution in [3.8, 4) is 0 Å². The summed E-state index contributed by atoms with van der Waals surface area (Å²) < 4.78 is 0. The first-order valence-corrected chi connectivity index (χ1v) is 7.84. The maximum absolute atomic E-state index is 12.0. The minimum Gasteiger partial charge on any atom is -0.481 e. The van der Waals surface area contributed by atoms with Crippen molar-refractivity contribution in [3.05, 3.63) is 0 Å². The number of aliphatic hydroxyl groups excluding tert-OH is 1. The van der Waals surface area contributed by atoms with Crippen molar-refractivity contribution in [2.75, 3.05) is 13.2 Å². The van der Waals surface area contributed by atoms with Gasteiger partial charge in [0.05, 0.1) is 12.6 Å². The summed E-state index contributed by atoms with van der Waals surface area (Å²) in [6, 6.07) is -3.73. The van der Waals surface area contributed by atoms with Gasteiger partial charge in [0.1, 0.15) is 12.1 Å². The molecule has 2 amide bonds. The summed E-state index contributed by atoms with van der Waals surface area (Å²) in [6.07, 6.45) is 0.867. The van der Waals surface area contributed by atoms with Crippen LogP contribution >= 0.6 is 0 Å². The Bertz CT molecular complexity index is 472. The highest BCUT2D eigenvalue weighted by Crippen LogP contribution is 2.01. The van der Waals surface area contributed by atoms with Crippen LogP contribution in [0.3, 0.4) is 0 Å². The molecule has 0 fully saturated rings. The Kier molecular flexibility index (Phi) is 11.1. The Hall–Kier alpha value is -2.24. The summed E-state index contributed by atoms with van der Waals surface area (Å²) in [7, 11) is 0. The summed E-state index contributed by atoms with van der Waals surface area (Å²) in [4.78, 5) is 45.4. The van der Waals surface area contributed by atoms with Gasteiger partial charge in [-0.25, -0.2) is 4.79 Å². The predicted molar refractivity (Wildman–Crippen MR) is 86.3 cm³/mol. The second kappa shape index (κ2) is 12.2. The highest BCUT2D eigenvalue weighted by molar-refractivity contribution is 5.91. The Balaban J connectivity index is 4.63. The zero-order valence-corrected chi connectivity index (χ0v) is 13.8. The van der Waals surface area contributed by atoms with E-state index in [9.17, 15) is 24.3 Å². The third-order valence-corrected chi connectivity index (χ3v) is 3.38. The largest absolute Gasteiger partial charge is 0.481 e. The van der Waals surface area contributed by atoms with Crippen molar-refractivity contribution in [1.82, 2.24) is 10.6 Å². The number of amides is 2. The van der Waals surface area contributed by atoms with Crippen LogP contribution in [0.2, 0.25) is 0 Å². The van der Waals surface area contributed by atoms with E-state index in [1.807, 2.05) is 0 Å². The van der Waals surface area contributed by atoms with E-state index in [-0.39, 0.29) is 6.42 Å². The number of nitrogens with two attached hydrogens (primary N) is 2. The lowest BCUT2D eigenvalue weighted by Crippen LogP contribution is -2.55. The van der Waals surface area contributed by atoms with Gasteiger partial charge in [-0.05, 0) is 25.8 Å². The van der Waals surface area contributed by atoms with Crippen LogP contribution in [0.4, 0.5) is 0 Å². The van der Waals surface area contributed by atoms with Gasteiger partial charge in [0.25, 0.3) is 0 Å². The van der Waals surface area contributed by atoms with E-state index in [0.717, 1.165) is 0 Å². The topological polar surface area (TPSA) is 205 Å². The average molecular weight is 362 g/mol. The minimum atomic E-state index is -1.45. The molecular formula is C14H26N4O7. The number of nitrogens with one attached hydrogen (secondary N) is 2. The lowest BCUT2D eigenvalue weighted by atomic mass is 10.1. The number of hydrogen-bond acceptors (Lipinski definition) is 7. The van der Waals surface area contributed by atoms with Crippen LogP contribution in [0.25, 0.3) is 0 Å². The first-order valence-electron chi connectivity index (χ1n) is 7.84. The van der Waals surface area contributed by atoms with Crippen molar-refractivity contribution >= 4 is 23.8 Å². The van der Waals surface area contributed by atoms with E-state index >= 15 is 0 Å². The molecule has 3 atom stereocenters. The van der Waals surface area contributed by atoms with E-state index < -0.39 is 54.9 Å². The molecule has 0 heterocycles. The normalized spacial score (nSPS) is 14.2. The van der Waals surface area contributed by atoms with Crippen molar-refractivity contribution in [1.29, 1.82) is 0 Å². The van der Waals surface area contributed by atoms with Crippen LogP contribution in [0.15, 0.2) is 0 Å². The van der Waals surface area contributed by atoms with Crippen LogP contribution in [-0.4, -0.2) is 70.3 Å². The smallest absolute Gasteiger partial charge is 0.326 e. The average Bonchev–Trinajstić information content (AvgIpc) is 2.55. The standard InChI is InChI=1S/C14H26N4O7/c15-6-2-1-3-8(16)12(22)18-10(7-19)13(23)17-9(14(24)25)4-5-11(20)21/h8-10,19H,1-7,15-16H2,(H,17,23)(H,18,22)(H,20,21)(H,24,25)/t8-,9-,10-/m0/s1. The van der Waals surface area contributed by atoms with E-state index in [1.54, 1.807) is 0 Å². The third kappa shape index (κ3) is 9.59. The monoisotopic (exact) mass is 362 g/mol. The van der Waals surface area contributed by atoms with Gasteiger partial charge < -0.3 is 37.4 Å². The molecule has 0 unspecified atom stereocenters. The van der Waals surface area contributed by atoms with Crippen molar-refractivity contribution in [2.45, 2.75) is 50.2 Å². The fourth-order valence-electron chi connectivity index (χ4n) is 1.91. The summed E-state index contributed by atoms with van der Waals surface area (Å²) in [6.45, 7) is -0.304. The van der Waals surface area contributed by atoms with Gasteiger partial charge in [-0.3, -0.25) is 14.4 Å². The summed E-state index contributed by atoms with van der Waals surface area (Å²) >= 11 is 0. The maximum Gasteiger partial charge on any atom is 0.326 e. The second-order valence-corrected chi connectivity index (χ2v) is 5.47. The van der Waals surface area contributed by atoms with Crippen LogP contribution in [0, 0.1) is 0 Å². The van der Waals surface area contributed by atoms with E-state index in [2.05, 4.69) is 10.6 Å². The summed E-state index contributed by atoms with van der Waals surface area (Å²) in [5.41, 5.74) is 11.0. The Morgan fingerprint density at radius 2 is 1.52 bits per heavy atom. The minimum absolute atomic E-state index is 0.332. The SMILES string of the molecule is NCCCC[C@H](N)C(=O)N[C@@H](CO)C(=O)N[C@@H](CCC(=O)O)C(=O)O. The van der Waals surface area contributed by atoms with Crippen LogP contribution < -0.4 is 22.1 Å². The van der Waals surface area contributed by atoms with Crippen molar-refractivity contribution in [3.63, 3.8) is 0 Å². The molecule has 0 aromatic heterocycles. The number of rotatable bonds is 13. The third-order valence-electron chi connectivity index (χ3n) is 3.38. The molecule has 0 aliphatic carbocycles. The number of carbonyl (C=O) groups is 4. The van der Waals surface area contributed by atoms with Gasteiger partial charge >= 0.3 is 11.9 Å². The fraction of sp³-hybridized carbons (Fsp3) is 0.714.